The van der Waals surface area contributed by atoms with Crippen molar-refractivity contribution >= 4 is 23.3 Å². The Bertz CT molecular complexity index is 1650. The number of aliphatic hydroxyl groups is 5. The smallest absolute Gasteiger partial charge is 0.333 e. The van der Waals surface area contributed by atoms with Gasteiger partial charge in [-0.25, -0.2) is 4.79 Å². The zero-order valence-electron chi connectivity index (χ0n) is 29.5. The van der Waals surface area contributed by atoms with Crippen LogP contribution in [0.4, 0.5) is 0 Å². The maximum atomic E-state index is 12.6. The molecule has 3 fully saturated rings. The number of aliphatic carboxylic acids is 1. The van der Waals surface area contributed by atoms with Crippen molar-refractivity contribution in [2.24, 2.45) is 17.8 Å². The summed E-state index contributed by atoms with van der Waals surface area (Å²) in [7, 11) is 1.20. The molecule has 6 N–H and O–H groups in total. The Balaban J connectivity index is 1.42. The van der Waals surface area contributed by atoms with Crippen LogP contribution in [-0.2, 0) is 28.5 Å². The van der Waals surface area contributed by atoms with Crippen LogP contribution in [-0.4, -0.2) is 105 Å². The lowest BCUT2D eigenvalue weighted by Gasteiger charge is -2.64. The molecule has 282 valence electrons. The molecule has 5 aliphatic rings. The highest BCUT2D eigenvalue weighted by atomic mass is 16.7. The topological polar surface area (TPSA) is 207 Å². The molecule has 3 aliphatic carbocycles. The molecule has 9 unspecified atom stereocenters. The van der Waals surface area contributed by atoms with Crippen molar-refractivity contribution < 1.29 is 59.2 Å². The van der Waals surface area contributed by atoms with E-state index in [1.54, 1.807) is 0 Å². The van der Waals surface area contributed by atoms with E-state index >= 15 is 0 Å². The van der Waals surface area contributed by atoms with E-state index in [4.69, 9.17) is 23.9 Å². The van der Waals surface area contributed by atoms with Crippen LogP contribution in [0.15, 0.2) is 30.4 Å². The first-order valence-electron chi connectivity index (χ1n) is 18.3. The second-order valence-corrected chi connectivity index (χ2v) is 14.8. The summed E-state index contributed by atoms with van der Waals surface area (Å²) >= 11 is 0. The Morgan fingerprint density at radius 1 is 1.20 bits per heavy atom. The van der Waals surface area contributed by atoms with E-state index in [0.717, 1.165) is 23.8 Å². The third kappa shape index (κ3) is 6.08. The number of carbonyl (C=O) groups excluding carboxylic acids is 1. The molecule has 1 aromatic heterocycles. The lowest BCUT2D eigenvalue weighted by Crippen LogP contribution is -2.83. The van der Waals surface area contributed by atoms with Crippen LogP contribution in [0.5, 0.6) is 0 Å². The highest BCUT2D eigenvalue weighted by molar-refractivity contribution is 5.90. The van der Waals surface area contributed by atoms with Crippen LogP contribution < -0.4 is 15.6 Å². The molecule has 0 amide bonds. The molecular weight excluding hydrogens is 662 g/mol. The van der Waals surface area contributed by atoms with E-state index in [1.165, 1.54) is 38.5 Å². The number of ether oxygens (including phenoxy) is 4. The molecule has 2 bridgehead atoms. The highest BCUT2D eigenvalue weighted by Crippen LogP contribution is 2.57. The summed E-state index contributed by atoms with van der Waals surface area (Å²) in [6, 6.07) is 2.04. The van der Waals surface area contributed by atoms with Gasteiger partial charge >= 0.3 is 11.9 Å². The second-order valence-electron chi connectivity index (χ2n) is 14.8. The predicted octanol–water partition coefficient (Wildman–Crippen LogP) is 0.875. The number of carboxylic acid groups (broad SMARTS) is 1. The maximum Gasteiger partial charge on any atom is 0.333 e. The Kier molecular flexibility index (Phi) is 10.9. The SMILES string of the molecule is C=CC1C(OC2(CO)OC(CO)C34OC(CCCO)=c5[n-]c(C(C)C6CCCCC6)cc5=C3CCC2(O)C4O)CC=C(C(=O)OC)C1CC(=O)O. The monoisotopic (exact) mass is 714 g/mol. The third-order valence-electron chi connectivity index (χ3n) is 12.3. The maximum absolute atomic E-state index is 12.6. The van der Waals surface area contributed by atoms with Crippen LogP contribution >= 0.6 is 0 Å². The third-order valence-corrected chi connectivity index (χ3v) is 12.3. The van der Waals surface area contributed by atoms with Gasteiger partial charge in [0.1, 0.15) is 18.8 Å². The van der Waals surface area contributed by atoms with Gasteiger partial charge in [0.05, 0.1) is 32.0 Å². The number of rotatable bonds is 13. The summed E-state index contributed by atoms with van der Waals surface area (Å²) in [5.41, 5.74) is -2.39. The van der Waals surface area contributed by atoms with E-state index in [0.29, 0.717) is 29.0 Å². The van der Waals surface area contributed by atoms with Crippen molar-refractivity contribution in [3.05, 3.63) is 46.6 Å². The van der Waals surface area contributed by atoms with Crippen LogP contribution in [0.3, 0.4) is 0 Å². The van der Waals surface area contributed by atoms with Crippen LogP contribution in [0.2, 0.25) is 0 Å². The predicted molar refractivity (Wildman–Crippen MR) is 182 cm³/mol. The zero-order valence-corrected chi connectivity index (χ0v) is 29.5. The Morgan fingerprint density at radius 3 is 2.57 bits per heavy atom. The fourth-order valence-electron chi connectivity index (χ4n) is 9.54. The van der Waals surface area contributed by atoms with Crippen molar-refractivity contribution in [1.29, 1.82) is 0 Å². The average molecular weight is 715 g/mol. The highest BCUT2D eigenvalue weighted by Gasteiger charge is 2.75. The molecule has 13 nitrogen and oxygen atoms in total. The van der Waals surface area contributed by atoms with Gasteiger partial charge in [0.2, 0.25) is 5.79 Å². The molecule has 1 saturated heterocycles. The van der Waals surface area contributed by atoms with E-state index in [2.05, 4.69) is 13.5 Å². The van der Waals surface area contributed by atoms with Crippen LogP contribution in [0.25, 0.3) is 11.3 Å². The molecule has 2 aliphatic heterocycles. The van der Waals surface area contributed by atoms with Gasteiger partial charge in [-0.15, -0.1) is 6.58 Å². The fourth-order valence-corrected chi connectivity index (χ4v) is 9.54. The van der Waals surface area contributed by atoms with Gasteiger partial charge in [0.15, 0.2) is 11.2 Å². The summed E-state index contributed by atoms with van der Waals surface area (Å²) in [5.74, 6) is -4.79. The number of hydrogen-bond acceptors (Lipinski definition) is 11. The number of carboxylic acids is 1. The lowest BCUT2D eigenvalue weighted by molar-refractivity contribution is -0.434. The number of carbonyl (C=O) groups is 2. The first-order chi connectivity index (χ1) is 24.4. The number of esters is 1. The van der Waals surface area contributed by atoms with Crippen molar-refractivity contribution in [2.45, 2.75) is 119 Å². The molecule has 1 spiro atoms. The molecule has 6 rings (SSSR count). The van der Waals surface area contributed by atoms with Crippen molar-refractivity contribution in [1.82, 2.24) is 4.98 Å². The van der Waals surface area contributed by atoms with Crippen LogP contribution in [0.1, 0.15) is 89.2 Å². The largest absolute Gasteiger partial charge is 0.658 e. The lowest BCUT2D eigenvalue weighted by atomic mass is 9.61. The molecule has 0 aromatic carbocycles. The van der Waals surface area contributed by atoms with Crippen molar-refractivity contribution in [3.63, 3.8) is 0 Å². The Hall–Kier alpha value is -3.04. The van der Waals surface area contributed by atoms with Gasteiger partial charge in [-0.2, -0.15) is 5.69 Å². The van der Waals surface area contributed by atoms with Gasteiger partial charge in [-0.05, 0) is 61.2 Å². The quantitative estimate of drug-likeness (QED) is 0.124. The van der Waals surface area contributed by atoms with E-state index in [1.807, 2.05) is 6.07 Å². The Morgan fingerprint density at radius 2 is 1.94 bits per heavy atom. The van der Waals surface area contributed by atoms with Gasteiger partial charge in [0, 0.05) is 30.4 Å². The normalized spacial score (nSPS) is 35.6. The first-order valence-corrected chi connectivity index (χ1v) is 18.3. The van der Waals surface area contributed by atoms with E-state index in [9.17, 15) is 40.2 Å². The summed E-state index contributed by atoms with van der Waals surface area (Å²) in [6.45, 7) is 4.32. The minimum Gasteiger partial charge on any atom is -0.658 e. The standard InChI is InChI=1S/C38H52NO12/c1-4-23-25(18-32(43)44)24(34(45)48-3)12-13-29(23)49-37(20-42)36(47)15-14-27-26-17-28(21(2)22-9-6-5-7-10-22)39-33(26)30(11-8-16-40)50-38(27,35(36)46)31(19-41)51-37/h4,12,17,21-23,25,29,31,35,40-42,46-47H,1,5-11,13-16,18-20H2,2-3H3,(H,43,44)/q-1. The molecule has 0 radical (unpaired) electrons. The number of nitrogens with zero attached hydrogens (tertiary/aromatic N) is 1. The molecular formula is C38H52NO12-. The zero-order chi connectivity index (χ0) is 36.7. The summed E-state index contributed by atoms with van der Waals surface area (Å²) in [6.07, 6.45) is 5.01. The number of aliphatic hydroxyl groups excluding tert-OH is 4. The van der Waals surface area contributed by atoms with Crippen molar-refractivity contribution in [3.8, 4) is 0 Å². The number of aromatic nitrogens is 1. The number of fused-ring (bicyclic) bond motifs is 2. The fraction of sp³-hybridized carbons (Fsp3) is 0.684. The minimum absolute atomic E-state index is 0.0426. The molecule has 1 aromatic rings. The van der Waals surface area contributed by atoms with Gasteiger partial charge in [-0.1, -0.05) is 49.8 Å². The summed E-state index contributed by atoms with van der Waals surface area (Å²) in [5, 5.41) is 67.8. The van der Waals surface area contributed by atoms with Gasteiger partial charge in [-0.3, -0.25) is 4.79 Å². The van der Waals surface area contributed by atoms with Crippen LogP contribution in [0, 0.1) is 17.8 Å². The van der Waals surface area contributed by atoms with E-state index < -0.39 is 78.7 Å². The Labute approximate surface area is 297 Å². The molecule has 3 heterocycles. The van der Waals surface area contributed by atoms with E-state index in [-0.39, 0.29) is 43.8 Å². The molecule has 13 heteroatoms. The van der Waals surface area contributed by atoms with Gasteiger partial charge in [0.25, 0.3) is 0 Å². The minimum atomic E-state index is -2.30. The summed E-state index contributed by atoms with van der Waals surface area (Å²) in [4.78, 5) is 29.6. The number of hydrogen-bond donors (Lipinski definition) is 6. The van der Waals surface area contributed by atoms with Gasteiger partial charge < -0.3 is 54.6 Å². The van der Waals surface area contributed by atoms with Crippen molar-refractivity contribution in [2.75, 3.05) is 26.9 Å². The molecule has 9 atom stereocenters. The molecule has 51 heavy (non-hydrogen) atoms. The number of methoxy groups -OCH3 is 1. The molecule has 2 saturated carbocycles. The summed E-state index contributed by atoms with van der Waals surface area (Å²) < 4.78 is 24.6. The average Bonchev–Trinajstić information content (AvgIpc) is 3.58. The first kappa shape index (κ1) is 37.7. The second kappa shape index (κ2) is 14.8.